The van der Waals surface area contributed by atoms with Crippen molar-refractivity contribution in [2.24, 2.45) is 0 Å². The smallest absolute Gasteiger partial charge is 0.311 e. The lowest BCUT2D eigenvalue weighted by Gasteiger charge is -2.10. The Bertz CT molecular complexity index is 677. The molecule has 0 amide bonds. The van der Waals surface area contributed by atoms with E-state index in [1.165, 1.54) is 38.7 Å². The quantitative estimate of drug-likeness (QED) is 0.653. The summed E-state index contributed by atoms with van der Waals surface area (Å²) in [7, 11) is 2.80. The molecule has 2 aromatic rings. The maximum Gasteiger partial charge on any atom is 0.311 e. The van der Waals surface area contributed by atoms with Gasteiger partial charge in [0, 0.05) is 12.1 Å². The number of rotatable bonds is 5. The molecule has 9 heteroatoms. The third-order valence-electron chi connectivity index (χ3n) is 2.57. The Morgan fingerprint density at radius 1 is 1.24 bits per heavy atom. The number of methoxy groups -OCH3 is 2. The van der Waals surface area contributed by atoms with Crippen molar-refractivity contribution in [1.29, 1.82) is 0 Å². The monoisotopic (exact) mass is 292 g/mol. The first-order chi connectivity index (χ1) is 10.1. The second-order valence-electron chi connectivity index (χ2n) is 3.79. The fourth-order valence-corrected chi connectivity index (χ4v) is 1.59. The molecular formula is C12H12N4O5. The molecule has 0 aliphatic carbocycles. The van der Waals surface area contributed by atoms with Crippen LogP contribution in [0.1, 0.15) is 0 Å². The van der Waals surface area contributed by atoms with E-state index in [0.717, 1.165) is 0 Å². The van der Waals surface area contributed by atoms with Crippen LogP contribution in [0.25, 0.3) is 0 Å². The van der Waals surface area contributed by atoms with Crippen molar-refractivity contribution in [3.8, 4) is 23.1 Å². The average Bonchev–Trinajstić information content (AvgIpc) is 2.47. The Kier molecular flexibility index (Phi) is 4.02. The summed E-state index contributed by atoms with van der Waals surface area (Å²) < 4.78 is 15.5. The van der Waals surface area contributed by atoms with E-state index in [-0.39, 0.29) is 28.9 Å². The maximum atomic E-state index is 11.0. The lowest BCUT2D eigenvalue weighted by molar-refractivity contribution is -0.385. The van der Waals surface area contributed by atoms with E-state index in [0.29, 0.717) is 5.75 Å². The number of nitro benzene ring substituents is 1. The van der Waals surface area contributed by atoms with Gasteiger partial charge in [-0.05, 0) is 6.07 Å². The van der Waals surface area contributed by atoms with Gasteiger partial charge in [-0.2, -0.15) is 4.98 Å². The van der Waals surface area contributed by atoms with Gasteiger partial charge in [0.1, 0.15) is 12.1 Å². The van der Waals surface area contributed by atoms with Gasteiger partial charge in [0.2, 0.25) is 11.5 Å². The van der Waals surface area contributed by atoms with Gasteiger partial charge >= 0.3 is 5.69 Å². The van der Waals surface area contributed by atoms with Crippen molar-refractivity contribution in [2.45, 2.75) is 0 Å². The third kappa shape index (κ3) is 2.91. The van der Waals surface area contributed by atoms with Crippen molar-refractivity contribution in [3.05, 3.63) is 34.6 Å². The van der Waals surface area contributed by atoms with Gasteiger partial charge < -0.3 is 19.9 Å². The van der Waals surface area contributed by atoms with Gasteiger partial charge in [0.05, 0.1) is 19.1 Å². The molecule has 0 aliphatic heterocycles. The fraction of sp³-hybridized carbons (Fsp3) is 0.167. The summed E-state index contributed by atoms with van der Waals surface area (Å²) in [6.07, 6.45) is 1.17. The minimum atomic E-state index is -0.578. The molecule has 0 spiro atoms. The molecule has 0 atom stereocenters. The lowest BCUT2D eigenvalue weighted by Crippen LogP contribution is -2.01. The highest BCUT2D eigenvalue weighted by atomic mass is 16.6. The predicted molar refractivity (Wildman–Crippen MR) is 72.7 cm³/mol. The van der Waals surface area contributed by atoms with Gasteiger partial charge in [-0.15, -0.1) is 0 Å². The molecule has 0 radical (unpaired) electrons. The van der Waals surface area contributed by atoms with Crippen LogP contribution in [0, 0.1) is 10.1 Å². The second-order valence-corrected chi connectivity index (χ2v) is 3.79. The zero-order valence-corrected chi connectivity index (χ0v) is 11.3. The van der Waals surface area contributed by atoms with Crippen LogP contribution in [-0.2, 0) is 0 Å². The fourth-order valence-electron chi connectivity index (χ4n) is 1.59. The molecule has 0 unspecified atom stereocenters. The Morgan fingerprint density at radius 3 is 2.62 bits per heavy atom. The van der Waals surface area contributed by atoms with Gasteiger partial charge in [0.25, 0.3) is 5.88 Å². The first-order valence-corrected chi connectivity index (χ1v) is 5.71. The van der Waals surface area contributed by atoms with E-state index in [4.69, 9.17) is 19.9 Å². The molecule has 21 heavy (non-hydrogen) atoms. The molecule has 0 saturated carbocycles. The van der Waals surface area contributed by atoms with E-state index in [2.05, 4.69) is 9.97 Å². The molecule has 1 aromatic carbocycles. The van der Waals surface area contributed by atoms with Crippen LogP contribution in [-0.4, -0.2) is 29.1 Å². The van der Waals surface area contributed by atoms with E-state index in [1.807, 2.05) is 0 Å². The summed E-state index contributed by atoms with van der Waals surface area (Å²) in [5, 5.41) is 11.0. The Hall–Kier alpha value is -3.10. The van der Waals surface area contributed by atoms with Gasteiger partial charge in [0.15, 0.2) is 5.82 Å². The lowest BCUT2D eigenvalue weighted by atomic mass is 10.3. The van der Waals surface area contributed by atoms with E-state index in [1.54, 1.807) is 0 Å². The molecule has 9 nitrogen and oxygen atoms in total. The molecule has 0 fully saturated rings. The highest BCUT2D eigenvalue weighted by Gasteiger charge is 2.20. The van der Waals surface area contributed by atoms with Gasteiger partial charge in [-0.3, -0.25) is 10.1 Å². The topological polar surface area (TPSA) is 123 Å². The minimum Gasteiger partial charge on any atom is -0.497 e. The molecule has 0 bridgehead atoms. The highest BCUT2D eigenvalue weighted by molar-refractivity contribution is 5.56. The molecule has 0 saturated heterocycles. The van der Waals surface area contributed by atoms with Crippen molar-refractivity contribution in [3.63, 3.8) is 0 Å². The summed E-state index contributed by atoms with van der Waals surface area (Å²) in [6, 6.07) is 4.09. The molecule has 1 aromatic heterocycles. The van der Waals surface area contributed by atoms with Crippen LogP contribution < -0.4 is 19.9 Å². The van der Waals surface area contributed by atoms with Gasteiger partial charge in [-0.1, -0.05) is 0 Å². The van der Waals surface area contributed by atoms with Crippen LogP contribution in [0.5, 0.6) is 23.1 Å². The largest absolute Gasteiger partial charge is 0.497 e. The van der Waals surface area contributed by atoms with Crippen LogP contribution in [0.2, 0.25) is 0 Å². The molecular weight excluding hydrogens is 280 g/mol. The number of nitrogens with two attached hydrogens (primary N) is 1. The number of aromatic nitrogens is 2. The number of nitrogen functional groups attached to an aromatic ring is 1. The van der Waals surface area contributed by atoms with Crippen LogP contribution in [0.4, 0.5) is 11.5 Å². The molecule has 2 N–H and O–H groups in total. The second kappa shape index (κ2) is 5.90. The molecule has 110 valence electrons. The van der Waals surface area contributed by atoms with Gasteiger partial charge in [-0.25, -0.2) is 4.98 Å². The summed E-state index contributed by atoms with van der Waals surface area (Å²) in [6.45, 7) is 0. The zero-order valence-electron chi connectivity index (χ0n) is 11.3. The Labute approximate surface area is 119 Å². The standard InChI is InChI=1S/C12H12N4O5/c1-19-7-3-4-8(16(17)18)9(5-7)21-12-10(20-2)11(13)14-6-15-12/h3-6H,1-2H3,(H2,13,14,15). The molecule has 0 aliphatic rings. The summed E-state index contributed by atoms with van der Waals surface area (Å²) in [4.78, 5) is 18.1. The van der Waals surface area contributed by atoms with Crippen LogP contribution in [0.3, 0.4) is 0 Å². The van der Waals surface area contributed by atoms with Crippen LogP contribution in [0.15, 0.2) is 24.5 Å². The summed E-state index contributed by atoms with van der Waals surface area (Å²) in [5.74, 6) is 0.483. The number of nitrogens with zero attached hydrogens (tertiary/aromatic N) is 3. The zero-order chi connectivity index (χ0) is 15.4. The number of ether oxygens (including phenoxy) is 3. The molecule has 1 heterocycles. The summed E-state index contributed by atoms with van der Waals surface area (Å²) >= 11 is 0. The number of benzene rings is 1. The van der Waals surface area contributed by atoms with Crippen molar-refractivity contribution >= 4 is 11.5 Å². The predicted octanol–water partition coefficient (Wildman–Crippen LogP) is 1.78. The highest BCUT2D eigenvalue weighted by Crippen LogP contribution is 2.38. The number of nitro groups is 1. The SMILES string of the molecule is COc1ccc([N+](=O)[O-])c(Oc2ncnc(N)c2OC)c1. The van der Waals surface area contributed by atoms with E-state index >= 15 is 0 Å². The first kappa shape index (κ1) is 14.3. The number of hydrogen-bond acceptors (Lipinski definition) is 8. The maximum absolute atomic E-state index is 11.0. The van der Waals surface area contributed by atoms with E-state index in [9.17, 15) is 10.1 Å². The van der Waals surface area contributed by atoms with Crippen LogP contribution >= 0.6 is 0 Å². The molecule has 2 rings (SSSR count). The van der Waals surface area contributed by atoms with Crippen molar-refractivity contribution in [2.75, 3.05) is 20.0 Å². The Balaban J connectivity index is 2.48. The third-order valence-corrected chi connectivity index (χ3v) is 2.57. The minimum absolute atomic E-state index is 0.0265. The van der Waals surface area contributed by atoms with Crippen molar-refractivity contribution < 1.29 is 19.1 Å². The van der Waals surface area contributed by atoms with E-state index < -0.39 is 4.92 Å². The number of anilines is 1. The Morgan fingerprint density at radius 2 is 2.00 bits per heavy atom. The summed E-state index contributed by atoms with van der Waals surface area (Å²) in [5.41, 5.74) is 5.38. The number of hydrogen-bond donors (Lipinski definition) is 1. The average molecular weight is 292 g/mol. The normalized spacial score (nSPS) is 10.0. The van der Waals surface area contributed by atoms with Crippen molar-refractivity contribution in [1.82, 2.24) is 9.97 Å². The first-order valence-electron chi connectivity index (χ1n) is 5.71.